The van der Waals surface area contributed by atoms with Gasteiger partial charge < -0.3 is 15.4 Å². The molecule has 2 rings (SSSR count). The van der Waals surface area contributed by atoms with E-state index in [2.05, 4.69) is 42.5 Å². The van der Waals surface area contributed by atoms with E-state index in [1.54, 1.807) is 0 Å². The molecule has 0 fully saturated rings. The standard InChI is InChI=1S/C18H20Br2N2O2/c1-11(2)24-18-13(8-14(19)9-17(18)20)10-21-15-4-6-16(7-5-15)22-12(3)23/h4-9,11,21H,10H2,1-3H3,(H,22,23). The van der Waals surface area contributed by atoms with E-state index in [0.717, 1.165) is 31.6 Å². The zero-order valence-electron chi connectivity index (χ0n) is 13.8. The Labute approximate surface area is 159 Å². The minimum absolute atomic E-state index is 0.0785. The Hall–Kier alpha value is -1.53. The van der Waals surface area contributed by atoms with Crippen molar-refractivity contribution in [2.24, 2.45) is 0 Å². The maximum Gasteiger partial charge on any atom is 0.221 e. The van der Waals surface area contributed by atoms with Crippen LogP contribution in [0, 0.1) is 0 Å². The van der Waals surface area contributed by atoms with Gasteiger partial charge in [0.2, 0.25) is 5.91 Å². The molecule has 0 aliphatic carbocycles. The fourth-order valence-electron chi connectivity index (χ4n) is 2.18. The Balaban J connectivity index is 2.12. The van der Waals surface area contributed by atoms with Gasteiger partial charge in [0, 0.05) is 34.9 Å². The van der Waals surface area contributed by atoms with E-state index >= 15 is 0 Å². The first-order valence-electron chi connectivity index (χ1n) is 7.61. The highest BCUT2D eigenvalue weighted by Crippen LogP contribution is 2.34. The molecule has 0 aliphatic heterocycles. The van der Waals surface area contributed by atoms with Gasteiger partial charge >= 0.3 is 0 Å². The Morgan fingerprint density at radius 1 is 1.12 bits per heavy atom. The lowest BCUT2D eigenvalue weighted by Crippen LogP contribution is -2.10. The Morgan fingerprint density at radius 3 is 2.33 bits per heavy atom. The van der Waals surface area contributed by atoms with Crippen LogP contribution in [0.1, 0.15) is 26.3 Å². The molecule has 2 aromatic rings. The van der Waals surface area contributed by atoms with Gasteiger partial charge in [0.05, 0.1) is 10.6 Å². The van der Waals surface area contributed by atoms with Crippen LogP contribution in [0.15, 0.2) is 45.3 Å². The first-order chi connectivity index (χ1) is 11.3. The van der Waals surface area contributed by atoms with Gasteiger partial charge in [0.15, 0.2) is 0 Å². The largest absolute Gasteiger partial charge is 0.489 e. The maximum absolute atomic E-state index is 11.0. The molecule has 1 amide bonds. The third kappa shape index (κ3) is 5.53. The van der Waals surface area contributed by atoms with E-state index in [-0.39, 0.29) is 12.0 Å². The predicted octanol–water partition coefficient (Wildman–Crippen LogP) is 5.57. The van der Waals surface area contributed by atoms with Gasteiger partial charge in [-0.15, -0.1) is 0 Å². The number of nitrogens with one attached hydrogen (secondary N) is 2. The second-order valence-corrected chi connectivity index (χ2v) is 7.42. The van der Waals surface area contributed by atoms with Gasteiger partial charge in [-0.1, -0.05) is 15.9 Å². The third-order valence-corrected chi connectivity index (χ3v) is 4.17. The van der Waals surface area contributed by atoms with Gasteiger partial charge in [-0.05, 0) is 66.2 Å². The van der Waals surface area contributed by atoms with Gasteiger partial charge in [-0.3, -0.25) is 4.79 Å². The summed E-state index contributed by atoms with van der Waals surface area (Å²) in [5.74, 6) is 0.765. The molecule has 0 radical (unpaired) electrons. The molecule has 0 unspecified atom stereocenters. The molecule has 0 heterocycles. The zero-order valence-corrected chi connectivity index (χ0v) is 17.0. The minimum Gasteiger partial charge on any atom is -0.489 e. The summed E-state index contributed by atoms with van der Waals surface area (Å²) in [6, 6.07) is 11.6. The van der Waals surface area contributed by atoms with Crippen LogP contribution in [0.2, 0.25) is 0 Å². The molecule has 0 aromatic heterocycles. The van der Waals surface area contributed by atoms with Crippen LogP contribution < -0.4 is 15.4 Å². The summed E-state index contributed by atoms with van der Waals surface area (Å²) in [4.78, 5) is 11.0. The number of halogens is 2. The van der Waals surface area contributed by atoms with Crippen molar-refractivity contribution in [1.29, 1.82) is 0 Å². The Morgan fingerprint density at radius 2 is 1.75 bits per heavy atom. The molecule has 0 aliphatic rings. The number of hydrogen-bond acceptors (Lipinski definition) is 3. The first kappa shape index (κ1) is 18.8. The van der Waals surface area contributed by atoms with Gasteiger partial charge in [-0.2, -0.15) is 0 Å². The topological polar surface area (TPSA) is 50.4 Å². The SMILES string of the molecule is CC(=O)Nc1ccc(NCc2cc(Br)cc(Br)c2OC(C)C)cc1. The van der Waals surface area contributed by atoms with Crippen molar-refractivity contribution in [3.8, 4) is 5.75 Å². The van der Waals surface area contributed by atoms with Crippen LogP contribution in [-0.2, 0) is 11.3 Å². The van der Waals surface area contributed by atoms with E-state index in [0.29, 0.717) is 6.54 Å². The number of carbonyl (C=O) groups excluding carboxylic acids is 1. The fourth-order valence-corrected chi connectivity index (χ4v) is 3.59. The van der Waals surface area contributed by atoms with Gasteiger partial charge in [0.25, 0.3) is 0 Å². The summed E-state index contributed by atoms with van der Waals surface area (Å²) in [5, 5.41) is 6.13. The Bertz CT molecular complexity index is 716. The van der Waals surface area contributed by atoms with Crippen LogP contribution in [-0.4, -0.2) is 12.0 Å². The van der Waals surface area contributed by atoms with Crippen molar-refractivity contribution in [3.05, 3.63) is 50.9 Å². The van der Waals surface area contributed by atoms with Crippen LogP contribution >= 0.6 is 31.9 Å². The second-order valence-electron chi connectivity index (χ2n) is 5.65. The summed E-state index contributed by atoms with van der Waals surface area (Å²) >= 11 is 7.08. The van der Waals surface area contributed by atoms with Crippen molar-refractivity contribution >= 4 is 49.1 Å². The highest BCUT2D eigenvalue weighted by Gasteiger charge is 2.12. The minimum atomic E-state index is -0.0785. The van der Waals surface area contributed by atoms with Crippen molar-refractivity contribution in [2.75, 3.05) is 10.6 Å². The van der Waals surface area contributed by atoms with E-state index in [4.69, 9.17) is 4.74 Å². The molecule has 128 valence electrons. The quantitative estimate of drug-likeness (QED) is 0.598. The summed E-state index contributed by atoms with van der Waals surface area (Å²) in [6.07, 6.45) is 0.0955. The van der Waals surface area contributed by atoms with Crippen molar-refractivity contribution in [3.63, 3.8) is 0 Å². The second kappa shape index (κ2) is 8.53. The smallest absolute Gasteiger partial charge is 0.221 e. The lowest BCUT2D eigenvalue weighted by molar-refractivity contribution is -0.114. The highest BCUT2D eigenvalue weighted by molar-refractivity contribution is 9.11. The lowest BCUT2D eigenvalue weighted by Gasteiger charge is -2.17. The first-order valence-corrected chi connectivity index (χ1v) is 9.20. The van der Waals surface area contributed by atoms with Crippen LogP contribution in [0.5, 0.6) is 5.75 Å². The predicted molar refractivity (Wildman–Crippen MR) is 106 cm³/mol. The molecule has 0 saturated carbocycles. The molecular formula is C18H20Br2N2O2. The number of benzene rings is 2. The average Bonchev–Trinajstić information content (AvgIpc) is 2.48. The number of amides is 1. The van der Waals surface area contributed by atoms with E-state index in [9.17, 15) is 4.79 Å². The van der Waals surface area contributed by atoms with Gasteiger partial charge in [-0.25, -0.2) is 0 Å². The molecule has 0 bridgehead atoms. The monoisotopic (exact) mass is 454 g/mol. The molecule has 24 heavy (non-hydrogen) atoms. The highest BCUT2D eigenvalue weighted by atomic mass is 79.9. The zero-order chi connectivity index (χ0) is 17.7. The molecule has 2 N–H and O–H groups in total. The van der Waals surface area contributed by atoms with Crippen molar-refractivity contribution in [2.45, 2.75) is 33.4 Å². The van der Waals surface area contributed by atoms with Crippen LogP contribution in [0.25, 0.3) is 0 Å². The summed E-state index contributed by atoms with van der Waals surface area (Å²) in [6.45, 7) is 6.13. The van der Waals surface area contributed by atoms with E-state index in [1.807, 2.05) is 50.2 Å². The maximum atomic E-state index is 11.0. The summed E-state index contributed by atoms with van der Waals surface area (Å²) in [5.41, 5.74) is 2.80. The third-order valence-electron chi connectivity index (χ3n) is 3.13. The van der Waals surface area contributed by atoms with Crippen LogP contribution in [0.4, 0.5) is 11.4 Å². The molecule has 2 aromatic carbocycles. The van der Waals surface area contributed by atoms with E-state index < -0.39 is 0 Å². The fraction of sp³-hybridized carbons (Fsp3) is 0.278. The summed E-state index contributed by atoms with van der Waals surface area (Å²) < 4.78 is 7.84. The van der Waals surface area contributed by atoms with Crippen molar-refractivity contribution in [1.82, 2.24) is 0 Å². The average molecular weight is 456 g/mol. The number of ether oxygens (including phenoxy) is 1. The summed E-state index contributed by atoms with van der Waals surface area (Å²) in [7, 11) is 0. The molecule has 4 nitrogen and oxygen atoms in total. The number of hydrogen-bond donors (Lipinski definition) is 2. The molecule has 0 saturated heterocycles. The molecule has 6 heteroatoms. The molecule has 0 atom stereocenters. The lowest BCUT2D eigenvalue weighted by atomic mass is 10.2. The van der Waals surface area contributed by atoms with Gasteiger partial charge in [0.1, 0.15) is 5.75 Å². The van der Waals surface area contributed by atoms with Crippen LogP contribution in [0.3, 0.4) is 0 Å². The number of carbonyl (C=O) groups is 1. The number of rotatable bonds is 6. The Kier molecular flexibility index (Phi) is 6.69. The van der Waals surface area contributed by atoms with E-state index in [1.165, 1.54) is 6.92 Å². The number of anilines is 2. The molecular weight excluding hydrogens is 436 g/mol. The van der Waals surface area contributed by atoms with Crippen molar-refractivity contribution < 1.29 is 9.53 Å². The normalized spacial score (nSPS) is 10.6. The molecule has 0 spiro atoms.